The van der Waals surface area contributed by atoms with Crippen LogP contribution in [0.15, 0.2) is 94.5 Å². The van der Waals surface area contributed by atoms with Crippen LogP contribution in [0.3, 0.4) is 0 Å². The quantitative estimate of drug-likeness (QED) is 0.377. The summed E-state index contributed by atoms with van der Waals surface area (Å²) in [4.78, 5) is 25.2. The zero-order valence-corrected chi connectivity index (χ0v) is 18.1. The largest absolute Gasteiger partial charge is 0.325 e. The maximum absolute atomic E-state index is 12.9. The summed E-state index contributed by atoms with van der Waals surface area (Å²) < 4.78 is 0.801. The summed E-state index contributed by atoms with van der Waals surface area (Å²) in [5.74, 6) is -0.948. The minimum Gasteiger partial charge on any atom is -0.325 e. The number of amides is 2. The van der Waals surface area contributed by atoms with Crippen molar-refractivity contribution in [1.29, 1.82) is 0 Å². The van der Waals surface area contributed by atoms with Crippen LogP contribution in [-0.2, 0) is 9.59 Å². The third-order valence-corrected chi connectivity index (χ3v) is 5.14. The van der Waals surface area contributed by atoms with Gasteiger partial charge in [0.2, 0.25) is 5.91 Å². The molecule has 2 amide bonds. The van der Waals surface area contributed by atoms with Gasteiger partial charge in [-0.25, -0.2) is 5.43 Å². The maximum Gasteiger partial charge on any atom is 0.252 e. The number of hydrogen-bond donors (Lipinski definition) is 2. The molecule has 0 saturated carbocycles. The number of para-hydroxylation sites is 1. The number of hydrazone groups is 1. The smallest absolute Gasteiger partial charge is 0.252 e. The predicted octanol–water partition coefficient (Wildman–Crippen LogP) is 5.10. The highest BCUT2D eigenvalue weighted by molar-refractivity contribution is 9.10. The maximum atomic E-state index is 12.9. The summed E-state index contributed by atoms with van der Waals surface area (Å²) in [6.45, 7) is 1.71. The Balaban J connectivity index is 1.67. The molecule has 3 aromatic rings. The summed E-state index contributed by atoms with van der Waals surface area (Å²) in [6.07, 6.45) is 0.0724. The molecule has 0 heterocycles. The first-order valence-electron chi connectivity index (χ1n) is 9.52. The first-order valence-corrected chi connectivity index (χ1v) is 10.3. The first-order chi connectivity index (χ1) is 14.5. The molecule has 0 aliphatic heterocycles. The Bertz CT molecular complexity index is 997. The van der Waals surface area contributed by atoms with E-state index in [2.05, 4.69) is 31.8 Å². The van der Waals surface area contributed by atoms with E-state index in [0.29, 0.717) is 11.4 Å². The van der Waals surface area contributed by atoms with Crippen LogP contribution in [0.25, 0.3) is 0 Å². The van der Waals surface area contributed by atoms with Gasteiger partial charge in [-0.05, 0) is 46.1 Å². The molecule has 0 radical (unpaired) electrons. The van der Waals surface area contributed by atoms with Crippen LogP contribution in [-0.4, -0.2) is 17.5 Å². The summed E-state index contributed by atoms with van der Waals surface area (Å²) in [6, 6.07) is 26.5. The number of carbonyl (C=O) groups excluding carboxylic acids is 2. The fourth-order valence-corrected chi connectivity index (χ4v) is 3.41. The lowest BCUT2D eigenvalue weighted by Crippen LogP contribution is -2.27. The molecule has 0 fully saturated rings. The highest BCUT2D eigenvalue weighted by atomic mass is 79.9. The molecule has 0 spiro atoms. The van der Waals surface area contributed by atoms with Gasteiger partial charge in [-0.1, -0.05) is 72.8 Å². The van der Waals surface area contributed by atoms with Crippen LogP contribution in [0.5, 0.6) is 0 Å². The third kappa shape index (κ3) is 5.87. The topological polar surface area (TPSA) is 70.6 Å². The van der Waals surface area contributed by atoms with Crippen molar-refractivity contribution < 1.29 is 9.59 Å². The number of nitrogens with zero attached hydrogens (tertiary/aromatic N) is 1. The Morgan fingerprint density at radius 1 is 0.867 bits per heavy atom. The Morgan fingerprint density at radius 3 is 1.97 bits per heavy atom. The molecular formula is C24H22BrN3O2. The highest BCUT2D eigenvalue weighted by Crippen LogP contribution is 2.25. The average Bonchev–Trinajstić information content (AvgIpc) is 2.75. The van der Waals surface area contributed by atoms with Crippen molar-refractivity contribution in [2.45, 2.75) is 19.3 Å². The lowest BCUT2D eigenvalue weighted by molar-refractivity contribution is -0.121. The molecular weight excluding hydrogens is 442 g/mol. The number of anilines is 1. The fourth-order valence-electron chi connectivity index (χ4n) is 3.03. The normalized spacial score (nSPS) is 11.2. The molecule has 2 N–H and O–H groups in total. The van der Waals surface area contributed by atoms with E-state index in [-0.39, 0.29) is 18.2 Å². The van der Waals surface area contributed by atoms with Crippen LogP contribution >= 0.6 is 15.9 Å². The van der Waals surface area contributed by atoms with Crippen molar-refractivity contribution in [2.75, 3.05) is 5.32 Å². The fraction of sp³-hybridized carbons (Fsp3) is 0.125. The number of rotatable bonds is 7. The molecule has 0 unspecified atom stereocenters. The monoisotopic (exact) mass is 463 g/mol. The zero-order valence-electron chi connectivity index (χ0n) is 16.5. The summed E-state index contributed by atoms with van der Waals surface area (Å²) in [5, 5.41) is 6.97. The van der Waals surface area contributed by atoms with E-state index in [1.807, 2.05) is 78.9 Å². The number of halogens is 1. The van der Waals surface area contributed by atoms with Crippen LogP contribution in [0.4, 0.5) is 5.69 Å². The number of carbonyl (C=O) groups is 2. The Labute approximate surface area is 184 Å². The first kappa shape index (κ1) is 21.5. The van der Waals surface area contributed by atoms with Gasteiger partial charge in [-0.15, -0.1) is 0 Å². The average molecular weight is 464 g/mol. The Morgan fingerprint density at radius 2 is 1.40 bits per heavy atom. The number of nitrogens with one attached hydrogen (secondary N) is 2. The molecule has 0 aliphatic rings. The van der Waals surface area contributed by atoms with Crippen molar-refractivity contribution >= 4 is 39.1 Å². The van der Waals surface area contributed by atoms with Gasteiger partial charge in [0, 0.05) is 10.2 Å². The summed E-state index contributed by atoms with van der Waals surface area (Å²) in [7, 11) is 0. The van der Waals surface area contributed by atoms with Crippen LogP contribution in [0, 0.1) is 0 Å². The SMILES string of the molecule is C/C(CC(=O)Nc1ccccc1Br)=N\NC(=O)C(c1ccccc1)c1ccccc1. The molecule has 30 heavy (non-hydrogen) atoms. The van der Waals surface area contributed by atoms with Crippen LogP contribution < -0.4 is 10.7 Å². The van der Waals surface area contributed by atoms with E-state index in [0.717, 1.165) is 15.6 Å². The van der Waals surface area contributed by atoms with Gasteiger partial charge in [0.1, 0.15) is 0 Å². The molecule has 0 saturated heterocycles. The summed E-state index contributed by atoms with van der Waals surface area (Å²) >= 11 is 3.40. The van der Waals surface area contributed by atoms with Gasteiger partial charge in [-0.2, -0.15) is 5.10 Å². The minimum absolute atomic E-state index is 0.0724. The summed E-state index contributed by atoms with van der Waals surface area (Å²) in [5.41, 5.74) is 5.57. The van der Waals surface area contributed by atoms with Crippen molar-refractivity contribution in [3.63, 3.8) is 0 Å². The second kappa shape index (κ2) is 10.5. The number of benzene rings is 3. The molecule has 3 aromatic carbocycles. The zero-order chi connectivity index (χ0) is 21.3. The third-order valence-electron chi connectivity index (χ3n) is 4.45. The van der Waals surface area contributed by atoms with Gasteiger partial charge in [0.05, 0.1) is 18.0 Å². The van der Waals surface area contributed by atoms with Gasteiger partial charge in [0.25, 0.3) is 5.91 Å². The van der Waals surface area contributed by atoms with Crippen molar-refractivity contribution in [3.05, 3.63) is 101 Å². The van der Waals surface area contributed by atoms with Gasteiger partial charge in [-0.3, -0.25) is 9.59 Å². The predicted molar refractivity (Wildman–Crippen MR) is 123 cm³/mol. The van der Waals surface area contributed by atoms with Crippen molar-refractivity contribution in [2.24, 2.45) is 5.10 Å². The molecule has 5 nitrogen and oxygen atoms in total. The van der Waals surface area contributed by atoms with E-state index in [4.69, 9.17) is 0 Å². The standard InChI is InChI=1S/C24H22BrN3O2/c1-17(16-22(29)26-21-15-9-8-14-20(21)25)27-28-24(30)23(18-10-4-2-5-11-18)19-12-6-3-7-13-19/h2-15,23H,16H2,1H3,(H,26,29)(H,28,30)/b27-17+. The molecule has 0 bridgehead atoms. The van der Waals surface area contributed by atoms with E-state index in [1.54, 1.807) is 13.0 Å². The minimum atomic E-state index is -0.488. The highest BCUT2D eigenvalue weighted by Gasteiger charge is 2.22. The number of hydrogen-bond acceptors (Lipinski definition) is 3. The van der Waals surface area contributed by atoms with E-state index < -0.39 is 5.92 Å². The van der Waals surface area contributed by atoms with E-state index in [9.17, 15) is 9.59 Å². The Hall–Kier alpha value is -3.25. The van der Waals surface area contributed by atoms with Gasteiger partial charge >= 0.3 is 0 Å². The molecule has 0 atom stereocenters. The molecule has 0 aliphatic carbocycles. The van der Waals surface area contributed by atoms with Crippen molar-refractivity contribution in [1.82, 2.24) is 5.43 Å². The molecule has 0 aromatic heterocycles. The Kier molecular flexibility index (Phi) is 7.51. The van der Waals surface area contributed by atoms with Crippen LogP contribution in [0.1, 0.15) is 30.4 Å². The van der Waals surface area contributed by atoms with Crippen LogP contribution in [0.2, 0.25) is 0 Å². The molecule has 3 rings (SSSR count). The molecule has 152 valence electrons. The van der Waals surface area contributed by atoms with Crippen molar-refractivity contribution in [3.8, 4) is 0 Å². The lowest BCUT2D eigenvalue weighted by atomic mass is 9.91. The molecule has 6 heteroatoms. The lowest BCUT2D eigenvalue weighted by Gasteiger charge is -2.16. The van der Waals surface area contributed by atoms with E-state index in [1.165, 1.54) is 0 Å². The van der Waals surface area contributed by atoms with E-state index >= 15 is 0 Å². The van der Waals surface area contributed by atoms with Gasteiger partial charge in [0.15, 0.2) is 0 Å². The second-order valence-electron chi connectivity index (χ2n) is 6.78. The second-order valence-corrected chi connectivity index (χ2v) is 7.64. The van der Waals surface area contributed by atoms with Gasteiger partial charge < -0.3 is 5.32 Å².